The zero-order chi connectivity index (χ0) is 21.5. The summed E-state index contributed by atoms with van der Waals surface area (Å²) >= 11 is 0. The molecule has 1 aliphatic rings. The van der Waals surface area contributed by atoms with E-state index in [9.17, 15) is 14.0 Å². The standard InChI is InChI=1S/C22H26FN3O4/c1-29-18-7-8-20(30-2)19(13-18)25-22(28)26-11-9-16(10-12-26)21(27)24-14-15-3-5-17(23)6-4-15/h3-8,13,16H,9-12,14H2,1-2H3,(H,24,27)(H,25,28). The fourth-order valence-corrected chi connectivity index (χ4v) is 3.39. The number of piperidine rings is 1. The summed E-state index contributed by atoms with van der Waals surface area (Å²) in [6.45, 7) is 1.31. The van der Waals surface area contributed by atoms with E-state index in [0.717, 1.165) is 5.56 Å². The lowest BCUT2D eigenvalue weighted by Crippen LogP contribution is -2.44. The largest absolute Gasteiger partial charge is 0.497 e. The van der Waals surface area contributed by atoms with E-state index < -0.39 is 0 Å². The number of rotatable bonds is 6. The van der Waals surface area contributed by atoms with Crippen LogP contribution in [0.4, 0.5) is 14.9 Å². The molecule has 1 heterocycles. The van der Waals surface area contributed by atoms with Gasteiger partial charge in [0.2, 0.25) is 5.91 Å². The molecule has 0 spiro atoms. The molecule has 2 aromatic rings. The third kappa shape index (κ3) is 5.40. The first kappa shape index (κ1) is 21.4. The second kappa shape index (κ2) is 9.96. The molecule has 30 heavy (non-hydrogen) atoms. The summed E-state index contributed by atoms with van der Waals surface area (Å²) < 4.78 is 23.4. The van der Waals surface area contributed by atoms with Gasteiger partial charge in [-0.3, -0.25) is 4.79 Å². The van der Waals surface area contributed by atoms with Crippen molar-refractivity contribution in [1.29, 1.82) is 0 Å². The summed E-state index contributed by atoms with van der Waals surface area (Å²) in [5.74, 6) is 0.652. The zero-order valence-electron chi connectivity index (χ0n) is 17.1. The monoisotopic (exact) mass is 415 g/mol. The van der Waals surface area contributed by atoms with Gasteiger partial charge in [-0.1, -0.05) is 12.1 Å². The highest BCUT2D eigenvalue weighted by molar-refractivity contribution is 5.91. The topological polar surface area (TPSA) is 79.9 Å². The fraction of sp³-hybridized carbons (Fsp3) is 0.364. The van der Waals surface area contributed by atoms with E-state index in [1.807, 2.05) is 0 Å². The smallest absolute Gasteiger partial charge is 0.321 e. The minimum atomic E-state index is -0.303. The Balaban J connectivity index is 1.49. The normalized spacial score (nSPS) is 14.2. The van der Waals surface area contributed by atoms with Gasteiger partial charge in [-0.2, -0.15) is 0 Å². The third-order valence-corrected chi connectivity index (χ3v) is 5.18. The van der Waals surface area contributed by atoms with Crippen LogP contribution in [0.1, 0.15) is 18.4 Å². The number of carbonyl (C=O) groups excluding carboxylic acids is 2. The molecule has 0 aromatic heterocycles. The van der Waals surface area contributed by atoms with Gasteiger partial charge < -0.3 is 25.0 Å². The molecule has 0 bridgehead atoms. The van der Waals surface area contributed by atoms with Crippen molar-refractivity contribution in [3.05, 3.63) is 53.8 Å². The van der Waals surface area contributed by atoms with Crippen molar-refractivity contribution in [3.63, 3.8) is 0 Å². The lowest BCUT2D eigenvalue weighted by Gasteiger charge is -2.31. The first-order valence-electron chi connectivity index (χ1n) is 9.80. The van der Waals surface area contributed by atoms with Crippen molar-refractivity contribution in [2.75, 3.05) is 32.6 Å². The maximum atomic E-state index is 13.0. The predicted molar refractivity (Wildman–Crippen MR) is 111 cm³/mol. The number of halogens is 1. The summed E-state index contributed by atoms with van der Waals surface area (Å²) in [6, 6.07) is 11.0. The van der Waals surface area contributed by atoms with Crippen LogP contribution >= 0.6 is 0 Å². The molecule has 160 valence electrons. The van der Waals surface area contributed by atoms with Crippen LogP contribution in [0.25, 0.3) is 0 Å². The van der Waals surface area contributed by atoms with Crippen LogP contribution in [-0.2, 0) is 11.3 Å². The molecule has 0 radical (unpaired) electrons. The number of hydrogen-bond donors (Lipinski definition) is 2. The molecular formula is C22H26FN3O4. The van der Waals surface area contributed by atoms with E-state index in [1.54, 1.807) is 42.3 Å². The van der Waals surface area contributed by atoms with Crippen LogP contribution in [-0.4, -0.2) is 44.1 Å². The highest BCUT2D eigenvalue weighted by Gasteiger charge is 2.27. The van der Waals surface area contributed by atoms with Crippen LogP contribution in [0.5, 0.6) is 11.5 Å². The Kier molecular flexibility index (Phi) is 7.11. The molecule has 7 nitrogen and oxygen atoms in total. The first-order chi connectivity index (χ1) is 14.5. The Labute approximate surface area is 175 Å². The third-order valence-electron chi connectivity index (χ3n) is 5.18. The summed E-state index contributed by atoms with van der Waals surface area (Å²) in [5.41, 5.74) is 1.37. The number of nitrogens with zero attached hydrogens (tertiary/aromatic N) is 1. The minimum Gasteiger partial charge on any atom is -0.497 e. The molecule has 0 saturated carbocycles. The van der Waals surface area contributed by atoms with E-state index in [4.69, 9.17) is 9.47 Å². The second-order valence-electron chi connectivity index (χ2n) is 7.10. The number of methoxy groups -OCH3 is 2. The average Bonchev–Trinajstić information content (AvgIpc) is 2.78. The molecule has 2 aromatic carbocycles. The zero-order valence-corrected chi connectivity index (χ0v) is 17.1. The molecule has 0 unspecified atom stereocenters. The van der Waals surface area contributed by atoms with Crippen molar-refractivity contribution < 1.29 is 23.5 Å². The van der Waals surface area contributed by atoms with Crippen LogP contribution in [0.3, 0.4) is 0 Å². The summed E-state index contributed by atoms with van der Waals surface area (Å²) in [4.78, 5) is 26.7. The number of ether oxygens (including phenoxy) is 2. The van der Waals surface area contributed by atoms with Crippen LogP contribution in [0.15, 0.2) is 42.5 Å². The number of amides is 3. The molecule has 0 aliphatic carbocycles. The number of carbonyl (C=O) groups is 2. The lowest BCUT2D eigenvalue weighted by molar-refractivity contribution is -0.126. The van der Waals surface area contributed by atoms with Crippen LogP contribution in [0.2, 0.25) is 0 Å². The Hall–Kier alpha value is -3.29. The van der Waals surface area contributed by atoms with Gasteiger partial charge >= 0.3 is 6.03 Å². The van der Waals surface area contributed by atoms with Crippen LogP contribution in [0, 0.1) is 11.7 Å². The SMILES string of the molecule is COc1ccc(OC)c(NC(=O)N2CCC(C(=O)NCc3ccc(F)cc3)CC2)c1. The molecule has 1 saturated heterocycles. The molecule has 3 amide bonds. The van der Waals surface area contributed by atoms with Gasteiger partial charge in [0.1, 0.15) is 17.3 Å². The van der Waals surface area contributed by atoms with Gasteiger partial charge in [-0.15, -0.1) is 0 Å². The van der Waals surface area contributed by atoms with Gasteiger partial charge in [-0.05, 0) is 42.7 Å². The van der Waals surface area contributed by atoms with Gasteiger partial charge in [0.25, 0.3) is 0 Å². The van der Waals surface area contributed by atoms with E-state index in [2.05, 4.69) is 10.6 Å². The van der Waals surface area contributed by atoms with Crippen molar-refractivity contribution in [2.45, 2.75) is 19.4 Å². The summed E-state index contributed by atoms with van der Waals surface area (Å²) in [7, 11) is 3.09. The molecule has 2 N–H and O–H groups in total. The maximum Gasteiger partial charge on any atom is 0.321 e. The lowest BCUT2D eigenvalue weighted by atomic mass is 9.96. The number of benzene rings is 2. The highest BCUT2D eigenvalue weighted by Crippen LogP contribution is 2.29. The van der Waals surface area contributed by atoms with E-state index in [0.29, 0.717) is 49.7 Å². The number of anilines is 1. The number of nitrogens with one attached hydrogen (secondary N) is 2. The maximum absolute atomic E-state index is 13.0. The predicted octanol–water partition coefficient (Wildman–Crippen LogP) is 3.40. The molecule has 8 heteroatoms. The molecular weight excluding hydrogens is 389 g/mol. The van der Waals surface area contributed by atoms with Gasteiger partial charge in [0.15, 0.2) is 0 Å². The van der Waals surface area contributed by atoms with E-state index in [-0.39, 0.29) is 23.7 Å². The van der Waals surface area contributed by atoms with Crippen molar-refractivity contribution in [2.24, 2.45) is 5.92 Å². The first-order valence-corrected chi connectivity index (χ1v) is 9.80. The highest BCUT2D eigenvalue weighted by atomic mass is 19.1. The summed E-state index contributed by atoms with van der Waals surface area (Å²) in [6.07, 6.45) is 1.16. The van der Waals surface area contributed by atoms with Crippen molar-refractivity contribution >= 4 is 17.6 Å². The quantitative estimate of drug-likeness (QED) is 0.758. The Morgan fingerprint density at radius 1 is 1.07 bits per heavy atom. The summed E-state index contributed by atoms with van der Waals surface area (Å²) in [5, 5.41) is 5.74. The van der Waals surface area contributed by atoms with Gasteiger partial charge in [0, 0.05) is 31.6 Å². The Morgan fingerprint density at radius 3 is 2.40 bits per heavy atom. The van der Waals surface area contributed by atoms with Gasteiger partial charge in [0.05, 0.1) is 19.9 Å². The molecule has 1 fully saturated rings. The Morgan fingerprint density at radius 2 is 1.77 bits per heavy atom. The number of likely N-dealkylation sites (tertiary alicyclic amines) is 1. The molecule has 3 rings (SSSR count). The molecule has 0 atom stereocenters. The van der Waals surface area contributed by atoms with Crippen molar-refractivity contribution in [1.82, 2.24) is 10.2 Å². The van der Waals surface area contributed by atoms with Gasteiger partial charge in [-0.25, -0.2) is 9.18 Å². The molecule has 1 aliphatic heterocycles. The van der Waals surface area contributed by atoms with E-state index in [1.165, 1.54) is 19.2 Å². The average molecular weight is 415 g/mol. The van der Waals surface area contributed by atoms with Crippen molar-refractivity contribution in [3.8, 4) is 11.5 Å². The Bertz CT molecular complexity index is 880. The fourth-order valence-electron chi connectivity index (χ4n) is 3.39. The minimum absolute atomic E-state index is 0.0474. The number of urea groups is 1. The van der Waals surface area contributed by atoms with Crippen LogP contribution < -0.4 is 20.1 Å². The second-order valence-corrected chi connectivity index (χ2v) is 7.10. The van der Waals surface area contributed by atoms with E-state index >= 15 is 0 Å². The number of hydrogen-bond acceptors (Lipinski definition) is 4.